The second-order valence-electron chi connectivity index (χ2n) is 9.67. The lowest BCUT2D eigenvalue weighted by molar-refractivity contribution is -0.198. The van der Waals surface area contributed by atoms with Crippen molar-refractivity contribution in [3.8, 4) is 11.5 Å². The van der Waals surface area contributed by atoms with Crippen molar-refractivity contribution in [1.82, 2.24) is 4.90 Å². The van der Waals surface area contributed by atoms with E-state index in [2.05, 4.69) is 6.58 Å². The maximum atomic E-state index is 13.9. The van der Waals surface area contributed by atoms with Gasteiger partial charge in [0.05, 0.1) is 38.1 Å². The van der Waals surface area contributed by atoms with E-state index in [4.69, 9.17) is 28.4 Å². The average Bonchev–Trinajstić information content (AvgIpc) is 3.06. The first-order chi connectivity index (χ1) is 19.0. The molecule has 39 heavy (non-hydrogen) atoms. The zero-order valence-electron chi connectivity index (χ0n) is 22.7. The quantitative estimate of drug-likeness (QED) is 0.244. The number of rotatable bonds is 10. The standard InChI is InChI=1S/C28H38N2O9/c1-4-14-38-28(33)30-21-18-23(36-16-9-11-24(31)35-3)22(34-2)17-19(21)26(32)29-13-7-5-10-20(29)27(30)39-25-12-6-8-15-37-25/h4,17-18,20,25,27H,1,5-16H2,2-3H3. The third-order valence-corrected chi connectivity index (χ3v) is 7.13. The van der Waals surface area contributed by atoms with Crippen LogP contribution in [0.25, 0.3) is 0 Å². The van der Waals surface area contributed by atoms with Crippen molar-refractivity contribution in [2.24, 2.45) is 0 Å². The van der Waals surface area contributed by atoms with Crippen LogP contribution in [0.15, 0.2) is 24.8 Å². The second-order valence-corrected chi connectivity index (χ2v) is 9.67. The minimum Gasteiger partial charge on any atom is -0.493 e. The Kier molecular flexibility index (Phi) is 10.0. The Labute approximate surface area is 228 Å². The highest BCUT2D eigenvalue weighted by Crippen LogP contribution is 2.42. The number of fused-ring (bicyclic) bond motifs is 2. The molecule has 11 nitrogen and oxygen atoms in total. The number of amides is 2. The van der Waals surface area contributed by atoms with Crippen molar-refractivity contribution in [3.63, 3.8) is 0 Å². The van der Waals surface area contributed by atoms with E-state index in [1.165, 1.54) is 25.2 Å². The van der Waals surface area contributed by atoms with Crippen LogP contribution in [0.2, 0.25) is 0 Å². The zero-order valence-corrected chi connectivity index (χ0v) is 22.7. The Balaban J connectivity index is 1.76. The summed E-state index contributed by atoms with van der Waals surface area (Å²) in [5.74, 6) is 0.101. The number of carbonyl (C=O) groups excluding carboxylic acids is 3. The zero-order chi connectivity index (χ0) is 27.8. The van der Waals surface area contributed by atoms with Crippen LogP contribution in [0.5, 0.6) is 11.5 Å². The highest BCUT2D eigenvalue weighted by atomic mass is 16.7. The Bertz CT molecular complexity index is 1040. The molecule has 2 fully saturated rings. The molecule has 0 aliphatic carbocycles. The fraction of sp³-hybridized carbons (Fsp3) is 0.607. The van der Waals surface area contributed by atoms with Crippen molar-refractivity contribution in [2.75, 3.05) is 45.5 Å². The number of benzene rings is 1. The Morgan fingerprint density at radius 3 is 2.67 bits per heavy atom. The van der Waals surface area contributed by atoms with Crippen LogP contribution in [0.1, 0.15) is 61.7 Å². The second kappa shape index (κ2) is 13.7. The Hall–Kier alpha value is -3.31. The first-order valence-corrected chi connectivity index (χ1v) is 13.5. The van der Waals surface area contributed by atoms with Crippen LogP contribution in [0.3, 0.4) is 0 Å². The van der Waals surface area contributed by atoms with E-state index in [0.29, 0.717) is 49.6 Å². The fourth-order valence-electron chi connectivity index (χ4n) is 5.19. The number of carbonyl (C=O) groups is 3. The molecule has 0 saturated carbocycles. The molecule has 0 N–H and O–H groups in total. The summed E-state index contributed by atoms with van der Waals surface area (Å²) in [6.45, 7) is 4.95. The number of hydrogen-bond acceptors (Lipinski definition) is 9. The van der Waals surface area contributed by atoms with Gasteiger partial charge in [0.25, 0.3) is 5.91 Å². The van der Waals surface area contributed by atoms with Crippen LogP contribution in [-0.2, 0) is 23.7 Å². The minimum atomic E-state index is -0.837. The van der Waals surface area contributed by atoms with Crippen molar-refractivity contribution in [1.29, 1.82) is 0 Å². The van der Waals surface area contributed by atoms with E-state index in [1.54, 1.807) is 17.0 Å². The van der Waals surface area contributed by atoms with Crippen LogP contribution in [0, 0.1) is 0 Å². The molecule has 2 saturated heterocycles. The summed E-state index contributed by atoms with van der Waals surface area (Å²) < 4.78 is 34.1. The van der Waals surface area contributed by atoms with Gasteiger partial charge < -0.3 is 33.3 Å². The van der Waals surface area contributed by atoms with Gasteiger partial charge in [-0.3, -0.25) is 9.59 Å². The lowest BCUT2D eigenvalue weighted by Gasteiger charge is -2.42. The number of anilines is 1. The first-order valence-electron chi connectivity index (χ1n) is 13.5. The maximum Gasteiger partial charge on any atom is 0.416 e. The largest absolute Gasteiger partial charge is 0.493 e. The topological polar surface area (TPSA) is 113 Å². The molecule has 0 bridgehead atoms. The molecule has 1 aromatic rings. The summed E-state index contributed by atoms with van der Waals surface area (Å²) in [6.07, 6.45) is 5.07. The summed E-state index contributed by atoms with van der Waals surface area (Å²) in [5, 5.41) is 0. The Morgan fingerprint density at radius 1 is 1.13 bits per heavy atom. The van der Waals surface area contributed by atoms with Gasteiger partial charge in [0.2, 0.25) is 0 Å². The number of ether oxygens (including phenoxy) is 6. The van der Waals surface area contributed by atoms with E-state index in [1.807, 2.05) is 0 Å². The third kappa shape index (κ3) is 6.65. The van der Waals surface area contributed by atoms with Crippen molar-refractivity contribution >= 4 is 23.7 Å². The molecule has 0 aromatic heterocycles. The molecule has 2 amide bonds. The summed E-state index contributed by atoms with van der Waals surface area (Å²) in [7, 11) is 2.82. The van der Waals surface area contributed by atoms with Gasteiger partial charge in [-0.1, -0.05) is 12.7 Å². The molecule has 3 aliphatic rings. The van der Waals surface area contributed by atoms with Gasteiger partial charge in [-0.15, -0.1) is 0 Å². The summed E-state index contributed by atoms with van der Waals surface area (Å²) in [5.41, 5.74) is 0.583. The van der Waals surface area contributed by atoms with Crippen molar-refractivity contribution < 1.29 is 42.8 Å². The normalized spacial score (nSPS) is 22.7. The van der Waals surface area contributed by atoms with Gasteiger partial charge in [-0.05, 0) is 51.0 Å². The average molecular weight is 547 g/mol. The van der Waals surface area contributed by atoms with E-state index < -0.39 is 24.7 Å². The van der Waals surface area contributed by atoms with Crippen molar-refractivity contribution in [2.45, 2.75) is 69.9 Å². The van der Waals surface area contributed by atoms with Gasteiger partial charge >= 0.3 is 12.1 Å². The predicted octanol–water partition coefficient (Wildman–Crippen LogP) is 4.03. The third-order valence-electron chi connectivity index (χ3n) is 7.13. The van der Waals surface area contributed by atoms with Gasteiger partial charge in [-0.25, -0.2) is 9.69 Å². The molecule has 0 radical (unpaired) electrons. The molecule has 4 rings (SSSR count). The monoisotopic (exact) mass is 546 g/mol. The van der Waals surface area contributed by atoms with Crippen LogP contribution in [-0.4, -0.2) is 82.0 Å². The molecule has 3 atom stereocenters. The summed E-state index contributed by atoms with van der Waals surface area (Å²) >= 11 is 0. The molecule has 3 heterocycles. The predicted molar refractivity (Wildman–Crippen MR) is 141 cm³/mol. The molecule has 0 spiro atoms. The van der Waals surface area contributed by atoms with E-state index in [9.17, 15) is 14.4 Å². The molecule has 3 unspecified atom stereocenters. The van der Waals surface area contributed by atoms with Crippen molar-refractivity contribution in [3.05, 3.63) is 30.4 Å². The molecular formula is C28H38N2O9. The van der Waals surface area contributed by atoms with Crippen LogP contribution >= 0.6 is 0 Å². The fourth-order valence-corrected chi connectivity index (χ4v) is 5.19. The smallest absolute Gasteiger partial charge is 0.416 e. The Morgan fingerprint density at radius 2 is 1.95 bits per heavy atom. The van der Waals surface area contributed by atoms with E-state index >= 15 is 0 Å². The van der Waals surface area contributed by atoms with Crippen LogP contribution in [0.4, 0.5) is 10.5 Å². The number of piperidine rings is 1. The highest BCUT2D eigenvalue weighted by molar-refractivity contribution is 6.06. The lowest BCUT2D eigenvalue weighted by atomic mass is 10.00. The lowest BCUT2D eigenvalue weighted by Crippen LogP contribution is -2.57. The van der Waals surface area contributed by atoms with E-state index in [-0.39, 0.29) is 37.1 Å². The molecular weight excluding hydrogens is 508 g/mol. The maximum absolute atomic E-state index is 13.9. The number of nitrogens with zero attached hydrogens (tertiary/aromatic N) is 2. The SMILES string of the molecule is C=CCOC(=O)N1c2cc(OCCCC(=O)OC)c(OC)cc2C(=O)N2CCCCC2C1OC1CCCCO1. The van der Waals surface area contributed by atoms with Gasteiger partial charge in [0.1, 0.15) is 6.61 Å². The molecule has 11 heteroatoms. The number of methoxy groups -OCH3 is 2. The van der Waals surface area contributed by atoms with E-state index in [0.717, 1.165) is 25.7 Å². The molecule has 214 valence electrons. The summed E-state index contributed by atoms with van der Waals surface area (Å²) in [4.78, 5) is 42.3. The first kappa shape index (κ1) is 28.7. The van der Waals surface area contributed by atoms with Crippen LogP contribution < -0.4 is 14.4 Å². The summed E-state index contributed by atoms with van der Waals surface area (Å²) in [6, 6.07) is 2.80. The van der Waals surface area contributed by atoms with Gasteiger partial charge in [0, 0.05) is 25.6 Å². The minimum absolute atomic E-state index is 0.00726. The molecule has 3 aliphatic heterocycles. The van der Waals surface area contributed by atoms with Gasteiger partial charge in [-0.2, -0.15) is 0 Å². The van der Waals surface area contributed by atoms with Gasteiger partial charge in [0.15, 0.2) is 24.0 Å². The molecule has 1 aromatic carbocycles. The number of hydrogen-bond donors (Lipinski definition) is 0. The highest BCUT2D eigenvalue weighted by Gasteiger charge is 2.46. The number of esters is 1.